The van der Waals surface area contributed by atoms with Gasteiger partial charge in [0, 0.05) is 12.1 Å². The zero-order chi connectivity index (χ0) is 13.1. The summed E-state index contributed by atoms with van der Waals surface area (Å²) in [7, 11) is 0. The first-order valence-electron chi connectivity index (χ1n) is 6.96. The predicted octanol–water partition coefficient (Wildman–Crippen LogP) is 2.44. The van der Waals surface area contributed by atoms with Crippen molar-refractivity contribution in [2.45, 2.75) is 71.9 Å². The number of carbonyl (C=O) groups is 1. The number of nitrogens with one attached hydrogen (secondary N) is 1. The molecule has 1 saturated carbocycles. The van der Waals surface area contributed by atoms with Crippen molar-refractivity contribution in [1.82, 2.24) is 5.32 Å². The van der Waals surface area contributed by atoms with Crippen LogP contribution in [0.5, 0.6) is 0 Å². The maximum Gasteiger partial charge on any atom is 0.227 e. The van der Waals surface area contributed by atoms with E-state index in [4.69, 9.17) is 5.73 Å². The Kier molecular flexibility index (Phi) is 4.99. The molecule has 0 aliphatic heterocycles. The van der Waals surface area contributed by atoms with Crippen LogP contribution in [0.2, 0.25) is 0 Å². The van der Waals surface area contributed by atoms with Gasteiger partial charge in [0.2, 0.25) is 5.91 Å². The number of rotatable bonds is 5. The van der Waals surface area contributed by atoms with E-state index < -0.39 is 0 Å². The van der Waals surface area contributed by atoms with Crippen LogP contribution in [0.15, 0.2) is 0 Å². The third kappa shape index (κ3) is 3.44. The Morgan fingerprint density at radius 1 is 1.53 bits per heavy atom. The summed E-state index contributed by atoms with van der Waals surface area (Å²) in [5.74, 6) is 0.814. The van der Waals surface area contributed by atoms with Gasteiger partial charge in [0.15, 0.2) is 0 Å². The van der Waals surface area contributed by atoms with Crippen LogP contribution in [0.4, 0.5) is 0 Å². The van der Waals surface area contributed by atoms with Crippen LogP contribution in [-0.4, -0.2) is 18.0 Å². The van der Waals surface area contributed by atoms with E-state index in [0.29, 0.717) is 5.92 Å². The van der Waals surface area contributed by atoms with Crippen LogP contribution in [0.25, 0.3) is 0 Å². The topological polar surface area (TPSA) is 55.1 Å². The molecule has 0 saturated heterocycles. The molecule has 0 radical (unpaired) electrons. The monoisotopic (exact) mass is 240 g/mol. The molecule has 1 amide bonds. The van der Waals surface area contributed by atoms with Gasteiger partial charge in [-0.25, -0.2) is 0 Å². The Hall–Kier alpha value is -0.570. The molecular formula is C14H28N2O. The highest BCUT2D eigenvalue weighted by atomic mass is 16.2. The number of hydrogen-bond acceptors (Lipinski definition) is 2. The van der Waals surface area contributed by atoms with E-state index in [1.807, 2.05) is 6.92 Å². The molecule has 4 atom stereocenters. The first kappa shape index (κ1) is 14.5. The molecule has 100 valence electrons. The molecule has 0 heterocycles. The van der Waals surface area contributed by atoms with Crippen molar-refractivity contribution in [1.29, 1.82) is 0 Å². The zero-order valence-corrected chi connectivity index (χ0v) is 11.8. The normalized spacial score (nSPS) is 32.2. The fourth-order valence-electron chi connectivity index (χ4n) is 2.69. The summed E-state index contributed by atoms with van der Waals surface area (Å²) in [4.78, 5) is 12.3. The van der Waals surface area contributed by atoms with E-state index in [-0.39, 0.29) is 23.4 Å². The van der Waals surface area contributed by atoms with Gasteiger partial charge in [0.25, 0.3) is 0 Å². The lowest BCUT2D eigenvalue weighted by molar-refractivity contribution is -0.131. The molecule has 0 aromatic carbocycles. The van der Waals surface area contributed by atoms with Crippen LogP contribution < -0.4 is 11.1 Å². The summed E-state index contributed by atoms with van der Waals surface area (Å²) in [5, 5.41) is 3.14. The van der Waals surface area contributed by atoms with E-state index in [1.54, 1.807) is 0 Å². The number of amides is 1. The van der Waals surface area contributed by atoms with Crippen LogP contribution in [0, 0.1) is 11.3 Å². The average molecular weight is 240 g/mol. The molecule has 0 bridgehead atoms. The van der Waals surface area contributed by atoms with Gasteiger partial charge >= 0.3 is 0 Å². The second-order valence-electron chi connectivity index (χ2n) is 6.04. The molecule has 4 unspecified atom stereocenters. The fraction of sp³-hybridized carbons (Fsp3) is 0.929. The minimum absolute atomic E-state index is 0.0262. The van der Waals surface area contributed by atoms with Gasteiger partial charge in [-0.3, -0.25) is 4.79 Å². The maximum absolute atomic E-state index is 12.3. The van der Waals surface area contributed by atoms with Crippen molar-refractivity contribution in [2.75, 3.05) is 0 Å². The first-order valence-corrected chi connectivity index (χ1v) is 6.96. The Balaban J connectivity index is 2.48. The summed E-state index contributed by atoms with van der Waals surface area (Å²) in [6.45, 7) is 8.52. The second kappa shape index (κ2) is 5.85. The van der Waals surface area contributed by atoms with Crippen LogP contribution in [-0.2, 0) is 4.79 Å². The van der Waals surface area contributed by atoms with Gasteiger partial charge < -0.3 is 11.1 Å². The van der Waals surface area contributed by atoms with Gasteiger partial charge in [-0.1, -0.05) is 26.7 Å². The molecule has 1 fully saturated rings. The summed E-state index contributed by atoms with van der Waals surface area (Å²) in [6, 6.07) is 0.278. The third-order valence-corrected chi connectivity index (χ3v) is 4.38. The minimum Gasteiger partial charge on any atom is -0.353 e. The highest BCUT2D eigenvalue weighted by molar-refractivity contribution is 5.83. The van der Waals surface area contributed by atoms with Gasteiger partial charge in [0.1, 0.15) is 0 Å². The van der Waals surface area contributed by atoms with Gasteiger partial charge in [0.05, 0.1) is 5.41 Å². The van der Waals surface area contributed by atoms with Gasteiger partial charge in [-0.15, -0.1) is 0 Å². The van der Waals surface area contributed by atoms with Crippen LogP contribution in [0.1, 0.15) is 59.8 Å². The van der Waals surface area contributed by atoms with Crippen molar-refractivity contribution < 1.29 is 4.79 Å². The summed E-state index contributed by atoms with van der Waals surface area (Å²) in [6.07, 6.45) is 5.19. The SMILES string of the molecule is CCC(C)CC(C)NC(=O)C1(C)CCCC1N. The van der Waals surface area contributed by atoms with E-state index in [9.17, 15) is 4.79 Å². The van der Waals surface area contributed by atoms with E-state index in [2.05, 4.69) is 26.1 Å². The molecule has 0 aromatic heterocycles. The molecule has 1 aliphatic carbocycles. The first-order chi connectivity index (χ1) is 7.90. The van der Waals surface area contributed by atoms with Crippen LogP contribution in [0.3, 0.4) is 0 Å². The highest BCUT2D eigenvalue weighted by Crippen LogP contribution is 2.36. The molecule has 3 N–H and O–H groups in total. The lowest BCUT2D eigenvalue weighted by atomic mass is 9.83. The lowest BCUT2D eigenvalue weighted by Gasteiger charge is -2.30. The van der Waals surface area contributed by atoms with Gasteiger partial charge in [-0.05, 0) is 39.0 Å². The molecule has 0 aromatic rings. The van der Waals surface area contributed by atoms with E-state index in [1.165, 1.54) is 0 Å². The summed E-state index contributed by atoms with van der Waals surface area (Å²) >= 11 is 0. The molecule has 17 heavy (non-hydrogen) atoms. The lowest BCUT2D eigenvalue weighted by Crippen LogP contribution is -2.49. The minimum atomic E-state index is -0.344. The molecule has 3 nitrogen and oxygen atoms in total. The molecular weight excluding hydrogens is 212 g/mol. The van der Waals surface area contributed by atoms with Crippen molar-refractivity contribution in [3.63, 3.8) is 0 Å². The largest absolute Gasteiger partial charge is 0.353 e. The maximum atomic E-state index is 12.3. The van der Waals surface area contributed by atoms with E-state index in [0.717, 1.165) is 32.1 Å². The predicted molar refractivity (Wildman–Crippen MR) is 71.6 cm³/mol. The van der Waals surface area contributed by atoms with Crippen molar-refractivity contribution in [3.05, 3.63) is 0 Å². The van der Waals surface area contributed by atoms with Gasteiger partial charge in [-0.2, -0.15) is 0 Å². The molecule has 1 rings (SSSR count). The highest BCUT2D eigenvalue weighted by Gasteiger charge is 2.43. The third-order valence-electron chi connectivity index (χ3n) is 4.38. The standard InChI is InChI=1S/C14H28N2O/c1-5-10(2)9-11(3)16-13(17)14(4)8-6-7-12(14)15/h10-12H,5-9,15H2,1-4H3,(H,16,17). The quantitative estimate of drug-likeness (QED) is 0.775. The number of carbonyl (C=O) groups excluding carboxylic acids is 1. The smallest absolute Gasteiger partial charge is 0.227 e. The Morgan fingerprint density at radius 3 is 2.65 bits per heavy atom. The number of hydrogen-bond donors (Lipinski definition) is 2. The zero-order valence-electron chi connectivity index (χ0n) is 11.8. The van der Waals surface area contributed by atoms with Crippen molar-refractivity contribution >= 4 is 5.91 Å². The average Bonchev–Trinajstić information content (AvgIpc) is 2.60. The molecule has 1 aliphatic rings. The van der Waals surface area contributed by atoms with Crippen molar-refractivity contribution in [2.24, 2.45) is 17.1 Å². The van der Waals surface area contributed by atoms with E-state index >= 15 is 0 Å². The summed E-state index contributed by atoms with van der Waals surface area (Å²) in [5.41, 5.74) is 5.71. The van der Waals surface area contributed by atoms with Crippen molar-refractivity contribution in [3.8, 4) is 0 Å². The molecule has 0 spiro atoms. The fourth-order valence-corrected chi connectivity index (χ4v) is 2.69. The second-order valence-corrected chi connectivity index (χ2v) is 6.04. The Labute approximate surface area is 106 Å². The molecule has 3 heteroatoms. The Morgan fingerprint density at radius 2 is 2.18 bits per heavy atom. The number of nitrogens with two attached hydrogens (primary N) is 1. The summed E-state index contributed by atoms with van der Waals surface area (Å²) < 4.78 is 0. The Bertz CT molecular complexity index is 267. The van der Waals surface area contributed by atoms with Crippen LogP contribution >= 0.6 is 0 Å².